The van der Waals surface area contributed by atoms with Crippen molar-refractivity contribution in [2.45, 2.75) is 0 Å². The fourth-order valence-electron chi connectivity index (χ4n) is 1.17. The highest BCUT2D eigenvalue weighted by molar-refractivity contribution is 9.10. The summed E-state index contributed by atoms with van der Waals surface area (Å²) in [6.45, 7) is 0. The smallest absolute Gasteiger partial charge is 0.150 e. The number of aldehydes is 1. The molecule has 1 heterocycles. The summed E-state index contributed by atoms with van der Waals surface area (Å²) in [7, 11) is 0. The molecule has 1 aromatic heterocycles. The average molecular weight is 241 g/mol. The van der Waals surface area contributed by atoms with Crippen LogP contribution < -0.4 is 0 Å². The van der Waals surface area contributed by atoms with Crippen molar-refractivity contribution in [2.24, 2.45) is 0 Å². The molecule has 0 fully saturated rings. The molecule has 1 nitrogen and oxygen atoms in total. The third kappa shape index (κ3) is 1.09. The van der Waals surface area contributed by atoms with Crippen LogP contribution in [0, 0.1) is 0 Å². The lowest BCUT2D eigenvalue weighted by Crippen LogP contribution is -1.78. The van der Waals surface area contributed by atoms with E-state index in [1.54, 1.807) is 11.3 Å². The molecule has 60 valence electrons. The lowest BCUT2D eigenvalue weighted by Gasteiger charge is -1.93. The first kappa shape index (κ1) is 7.95. The second-order valence-electron chi connectivity index (χ2n) is 2.42. The van der Waals surface area contributed by atoms with Crippen LogP contribution in [0.25, 0.3) is 10.1 Å². The molecule has 2 aromatic rings. The molecule has 0 N–H and O–H groups in total. The number of carbonyl (C=O) groups excluding carboxylic acids is 1. The highest BCUT2D eigenvalue weighted by Gasteiger charge is 2.04. The second-order valence-corrected chi connectivity index (χ2v) is 4.19. The van der Waals surface area contributed by atoms with Gasteiger partial charge in [-0.1, -0.05) is 12.1 Å². The van der Waals surface area contributed by atoms with E-state index in [0.717, 1.165) is 26.4 Å². The van der Waals surface area contributed by atoms with E-state index in [9.17, 15) is 4.79 Å². The van der Waals surface area contributed by atoms with Gasteiger partial charge in [-0.3, -0.25) is 4.79 Å². The predicted molar refractivity (Wildman–Crippen MR) is 54.9 cm³/mol. The number of fused-ring (bicyclic) bond motifs is 1. The minimum Gasteiger partial charge on any atom is -0.298 e. The van der Waals surface area contributed by atoms with Crippen molar-refractivity contribution < 1.29 is 4.79 Å². The van der Waals surface area contributed by atoms with Crippen LogP contribution >= 0.6 is 27.3 Å². The molecule has 0 unspecified atom stereocenters. The molecule has 0 radical (unpaired) electrons. The summed E-state index contributed by atoms with van der Waals surface area (Å²) in [6.07, 6.45) is 0.889. The van der Waals surface area contributed by atoms with Crippen molar-refractivity contribution in [3.8, 4) is 0 Å². The van der Waals surface area contributed by atoms with E-state index < -0.39 is 0 Å². The number of carbonyl (C=O) groups is 1. The molecule has 0 saturated heterocycles. The van der Waals surface area contributed by atoms with E-state index in [4.69, 9.17) is 0 Å². The number of hydrogen-bond donors (Lipinski definition) is 0. The zero-order valence-corrected chi connectivity index (χ0v) is 8.48. The van der Waals surface area contributed by atoms with Gasteiger partial charge >= 0.3 is 0 Å². The number of thiophene rings is 1. The first-order valence-electron chi connectivity index (χ1n) is 3.44. The van der Waals surface area contributed by atoms with Crippen molar-refractivity contribution in [2.75, 3.05) is 0 Å². The van der Waals surface area contributed by atoms with Gasteiger partial charge in [-0.25, -0.2) is 0 Å². The van der Waals surface area contributed by atoms with Crippen molar-refractivity contribution >= 4 is 43.6 Å². The predicted octanol–water partition coefficient (Wildman–Crippen LogP) is 3.48. The standard InChI is InChI=1S/C9H5BrOS/c10-7-5-12-8-3-1-2-6(4-11)9(7)8/h1-5H. The molecular formula is C9H5BrOS. The first-order chi connectivity index (χ1) is 5.83. The Bertz CT molecular complexity index is 433. The summed E-state index contributed by atoms with van der Waals surface area (Å²) >= 11 is 5.05. The van der Waals surface area contributed by atoms with E-state index in [-0.39, 0.29) is 0 Å². The van der Waals surface area contributed by atoms with E-state index in [1.807, 2.05) is 23.6 Å². The van der Waals surface area contributed by atoms with Crippen LogP contribution in [0.3, 0.4) is 0 Å². The first-order valence-corrected chi connectivity index (χ1v) is 5.11. The molecule has 0 spiro atoms. The number of halogens is 1. The lowest BCUT2D eigenvalue weighted by molar-refractivity contribution is 0.112. The highest BCUT2D eigenvalue weighted by atomic mass is 79.9. The molecular weight excluding hydrogens is 236 g/mol. The molecule has 0 aliphatic rings. The lowest BCUT2D eigenvalue weighted by atomic mass is 10.1. The molecule has 0 aliphatic heterocycles. The molecule has 0 aliphatic carbocycles. The van der Waals surface area contributed by atoms with Crippen LogP contribution in [0.5, 0.6) is 0 Å². The Morgan fingerprint density at radius 3 is 3.00 bits per heavy atom. The summed E-state index contributed by atoms with van der Waals surface area (Å²) < 4.78 is 2.15. The molecule has 1 aromatic carbocycles. The van der Waals surface area contributed by atoms with Crippen molar-refractivity contribution in [1.82, 2.24) is 0 Å². The Kier molecular flexibility index (Phi) is 1.98. The monoisotopic (exact) mass is 240 g/mol. The SMILES string of the molecule is O=Cc1cccc2scc(Br)c12. The highest BCUT2D eigenvalue weighted by Crippen LogP contribution is 2.31. The molecule has 2 rings (SSSR count). The summed E-state index contributed by atoms with van der Waals surface area (Å²) in [5.41, 5.74) is 0.751. The zero-order valence-electron chi connectivity index (χ0n) is 6.08. The maximum absolute atomic E-state index is 10.7. The minimum absolute atomic E-state index is 0.751. The van der Waals surface area contributed by atoms with Crippen LogP contribution in [-0.4, -0.2) is 6.29 Å². The molecule has 0 saturated carbocycles. The Hall–Kier alpha value is -0.670. The zero-order chi connectivity index (χ0) is 8.55. The van der Waals surface area contributed by atoms with E-state index in [2.05, 4.69) is 15.9 Å². The van der Waals surface area contributed by atoms with Crippen LogP contribution in [0.2, 0.25) is 0 Å². The third-order valence-corrected chi connectivity index (χ3v) is 3.59. The van der Waals surface area contributed by atoms with Gasteiger partial charge in [0.15, 0.2) is 6.29 Å². The van der Waals surface area contributed by atoms with Gasteiger partial charge < -0.3 is 0 Å². The summed E-state index contributed by atoms with van der Waals surface area (Å²) in [5.74, 6) is 0. The third-order valence-electron chi connectivity index (χ3n) is 1.71. The number of benzene rings is 1. The van der Waals surface area contributed by atoms with Crippen LogP contribution in [0.4, 0.5) is 0 Å². The van der Waals surface area contributed by atoms with E-state index in [0.29, 0.717) is 0 Å². The minimum atomic E-state index is 0.751. The van der Waals surface area contributed by atoms with Crippen LogP contribution in [-0.2, 0) is 0 Å². The number of rotatable bonds is 1. The quantitative estimate of drug-likeness (QED) is 0.698. The Morgan fingerprint density at radius 2 is 2.25 bits per heavy atom. The van der Waals surface area contributed by atoms with Gasteiger partial charge in [-0.15, -0.1) is 11.3 Å². The van der Waals surface area contributed by atoms with Gasteiger partial charge in [0.2, 0.25) is 0 Å². The Balaban J connectivity index is 2.93. The van der Waals surface area contributed by atoms with Gasteiger partial charge in [0.05, 0.1) is 0 Å². The van der Waals surface area contributed by atoms with Gasteiger partial charge in [0.25, 0.3) is 0 Å². The summed E-state index contributed by atoms with van der Waals surface area (Å²) in [6, 6.07) is 5.74. The Labute approximate surface area is 82.1 Å². The van der Waals surface area contributed by atoms with Crippen molar-refractivity contribution in [3.05, 3.63) is 33.6 Å². The molecule has 0 amide bonds. The van der Waals surface area contributed by atoms with Gasteiger partial charge in [-0.05, 0) is 22.0 Å². The number of hydrogen-bond acceptors (Lipinski definition) is 2. The van der Waals surface area contributed by atoms with E-state index in [1.165, 1.54) is 0 Å². The van der Waals surface area contributed by atoms with Gasteiger partial charge in [0.1, 0.15) is 0 Å². The maximum atomic E-state index is 10.7. The van der Waals surface area contributed by atoms with Gasteiger partial charge in [0, 0.05) is 25.5 Å². The van der Waals surface area contributed by atoms with Crippen molar-refractivity contribution in [1.29, 1.82) is 0 Å². The molecule has 3 heteroatoms. The fourth-order valence-corrected chi connectivity index (χ4v) is 2.88. The second kappa shape index (κ2) is 2.99. The maximum Gasteiger partial charge on any atom is 0.150 e. The van der Waals surface area contributed by atoms with E-state index >= 15 is 0 Å². The van der Waals surface area contributed by atoms with Crippen LogP contribution in [0.1, 0.15) is 10.4 Å². The molecule has 12 heavy (non-hydrogen) atoms. The topological polar surface area (TPSA) is 17.1 Å². The fraction of sp³-hybridized carbons (Fsp3) is 0. The largest absolute Gasteiger partial charge is 0.298 e. The van der Waals surface area contributed by atoms with Gasteiger partial charge in [-0.2, -0.15) is 0 Å². The Morgan fingerprint density at radius 1 is 1.42 bits per heavy atom. The molecule has 0 atom stereocenters. The average Bonchev–Trinajstić information content (AvgIpc) is 2.48. The van der Waals surface area contributed by atoms with Crippen molar-refractivity contribution in [3.63, 3.8) is 0 Å². The normalized spacial score (nSPS) is 10.4. The summed E-state index contributed by atoms with van der Waals surface area (Å²) in [4.78, 5) is 10.7. The van der Waals surface area contributed by atoms with Crippen LogP contribution in [0.15, 0.2) is 28.1 Å². The molecule has 0 bridgehead atoms. The summed E-state index contributed by atoms with van der Waals surface area (Å²) in [5, 5.41) is 3.02.